The Morgan fingerprint density at radius 2 is 2.05 bits per heavy atom. The molecule has 4 nitrogen and oxygen atoms in total. The predicted molar refractivity (Wildman–Crippen MR) is 87.6 cm³/mol. The zero-order valence-electron chi connectivity index (χ0n) is 10.3. The Bertz CT molecular complexity index is 792. The topological polar surface area (TPSA) is 63.2 Å². The van der Waals surface area contributed by atoms with Gasteiger partial charge in [0.05, 0.1) is 12.1 Å². The Labute approximate surface area is 142 Å². The Kier molecular flexibility index (Phi) is 5.23. The third-order valence-electron chi connectivity index (χ3n) is 2.48. The molecule has 1 heterocycles. The van der Waals surface area contributed by atoms with Crippen molar-refractivity contribution in [1.82, 2.24) is 5.32 Å². The third kappa shape index (κ3) is 4.38. The number of hydrogen-bond acceptors (Lipinski definition) is 4. The number of carbonyl (C=O) groups excluding carboxylic acids is 1. The number of carbonyl (C=O) groups is 1. The minimum Gasteiger partial charge on any atom is -0.347 e. The number of rotatable bonds is 4. The molecule has 1 N–H and O–H groups in total. The molecule has 21 heavy (non-hydrogen) atoms. The van der Waals surface area contributed by atoms with Crippen LogP contribution in [0.1, 0.15) is 15.2 Å². The van der Waals surface area contributed by atoms with Crippen LogP contribution in [0.25, 0.3) is 0 Å². The minimum absolute atomic E-state index is 0.0322. The molecule has 0 unspecified atom stereocenters. The van der Waals surface area contributed by atoms with E-state index in [2.05, 4.69) is 5.32 Å². The van der Waals surface area contributed by atoms with Crippen molar-refractivity contribution in [2.24, 2.45) is 0 Å². The van der Waals surface area contributed by atoms with Crippen LogP contribution in [0, 0.1) is 9.39 Å². The van der Waals surface area contributed by atoms with Gasteiger partial charge in [0.2, 0.25) is 0 Å². The molecule has 112 valence electrons. The summed E-state index contributed by atoms with van der Waals surface area (Å²) in [5.41, 5.74) is 0.360. The summed E-state index contributed by atoms with van der Waals surface area (Å²) in [5.74, 6) is -0.769. The predicted octanol–water partition coefficient (Wildman–Crippen LogP) is 3.35. The third-order valence-corrected chi connectivity index (χ3v) is 6.55. The molecule has 2 rings (SSSR count). The van der Waals surface area contributed by atoms with E-state index in [1.807, 2.05) is 22.6 Å². The maximum absolute atomic E-state index is 13.0. The summed E-state index contributed by atoms with van der Waals surface area (Å²) in [7, 11) is 1.48. The van der Waals surface area contributed by atoms with Crippen LogP contribution in [0.3, 0.4) is 0 Å². The van der Waals surface area contributed by atoms with Gasteiger partial charge in [0.15, 0.2) is 0 Å². The lowest BCUT2D eigenvalue weighted by molar-refractivity contribution is 0.0950. The molecule has 0 atom stereocenters. The van der Waals surface area contributed by atoms with E-state index >= 15 is 0 Å². The van der Waals surface area contributed by atoms with Gasteiger partial charge in [-0.05, 0) is 52.9 Å². The average Bonchev–Trinajstić information content (AvgIpc) is 2.84. The molecule has 2 aromatic rings. The first-order valence-electron chi connectivity index (χ1n) is 5.54. The molecule has 9 heteroatoms. The Morgan fingerprint density at radius 3 is 2.62 bits per heavy atom. The van der Waals surface area contributed by atoms with Gasteiger partial charge in [-0.2, -0.15) is 0 Å². The zero-order chi connectivity index (χ0) is 15.6. The Morgan fingerprint density at radius 1 is 1.33 bits per heavy atom. The summed E-state index contributed by atoms with van der Waals surface area (Å²) in [6.07, 6.45) is 0. The van der Waals surface area contributed by atoms with Gasteiger partial charge in [-0.1, -0.05) is 0 Å². The number of amides is 1. The lowest BCUT2D eigenvalue weighted by atomic mass is 10.2. The van der Waals surface area contributed by atoms with Crippen LogP contribution >= 0.6 is 44.6 Å². The van der Waals surface area contributed by atoms with Crippen LogP contribution in [-0.4, -0.2) is 14.3 Å². The monoisotopic (exact) mass is 459 g/mol. The molecule has 0 bridgehead atoms. The number of benzene rings is 1. The van der Waals surface area contributed by atoms with Crippen molar-refractivity contribution in [1.29, 1.82) is 0 Å². The second-order valence-corrected chi connectivity index (χ2v) is 9.09. The van der Waals surface area contributed by atoms with Crippen molar-refractivity contribution in [3.63, 3.8) is 0 Å². The molecule has 0 saturated carbocycles. The molecule has 0 aliphatic rings. The molecule has 0 spiro atoms. The Balaban J connectivity index is 2.06. The average molecular weight is 460 g/mol. The zero-order valence-corrected chi connectivity index (χ0v) is 14.8. The lowest BCUT2D eigenvalue weighted by Crippen LogP contribution is -2.23. The molecule has 1 amide bonds. The SMILES string of the molecule is O=C(NCc1ccc(S(=O)(=O)Cl)s1)c1ccc(F)cc1I. The molecule has 0 radical (unpaired) electrons. The van der Waals surface area contributed by atoms with Gasteiger partial charge in [-0.25, -0.2) is 12.8 Å². The van der Waals surface area contributed by atoms with Crippen molar-refractivity contribution >= 4 is 59.6 Å². The maximum Gasteiger partial charge on any atom is 0.270 e. The van der Waals surface area contributed by atoms with Crippen molar-refractivity contribution in [2.75, 3.05) is 0 Å². The summed E-state index contributed by atoms with van der Waals surface area (Å²) >= 11 is 2.86. The van der Waals surface area contributed by atoms with Crippen LogP contribution in [0.2, 0.25) is 0 Å². The number of thiophene rings is 1. The van der Waals surface area contributed by atoms with E-state index < -0.39 is 14.9 Å². The standard InChI is InChI=1S/C12H8ClFINO3S2/c13-21(18,19)11-4-2-8(20-11)6-16-12(17)9-3-1-7(14)5-10(9)15/h1-5H,6H2,(H,16,17). The van der Waals surface area contributed by atoms with Gasteiger partial charge in [-0.15, -0.1) is 11.3 Å². The van der Waals surface area contributed by atoms with Crippen molar-refractivity contribution in [3.8, 4) is 0 Å². The van der Waals surface area contributed by atoms with Crippen molar-refractivity contribution < 1.29 is 17.6 Å². The maximum atomic E-state index is 13.0. The van der Waals surface area contributed by atoms with E-state index in [0.29, 0.717) is 14.0 Å². The van der Waals surface area contributed by atoms with Crippen LogP contribution in [0.15, 0.2) is 34.5 Å². The second kappa shape index (κ2) is 6.59. The second-order valence-electron chi connectivity index (χ2n) is 3.97. The first kappa shape index (κ1) is 16.7. The van der Waals surface area contributed by atoms with Crippen LogP contribution in [0.5, 0.6) is 0 Å². The normalized spacial score (nSPS) is 11.4. The molecule has 1 aromatic heterocycles. The number of hydrogen-bond donors (Lipinski definition) is 1. The van der Waals surface area contributed by atoms with Gasteiger partial charge in [0.25, 0.3) is 15.0 Å². The number of nitrogens with one attached hydrogen (secondary N) is 1. The highest BCUT2D eigenvalue weighted by atomic mass is 127. The minimum atomic E-state index is -3.75. The first-order valence-corrected chi connectivity index (χ1v) is 9.74. The summed E-state index contributed by atoms with van der Waals surface area (Å²) in [6, 6.07) is 6.83. The summed E-state index contributed by atoms with van der Waals surface area (Å²) in [6.45, 7) is 0.170. The van der Waals surface area contributed by atoms with Gasteiger partial charge < -0.3 is 5.32 Å². The highest BCUT2D eigenvalue weighted by Crippen LogP contribution is 2.24. The lowest BCUT2D eigenvalue weighted by Gasteiger charge is -2.05. The molecule has 0 saturated heterocycles. The van der Waals surface area contributed by atoms with Crippen molar-refractivity contribution in [2.45, 2.75) is 10.8 Å². The number of halogens is 3. The van der Waals surface area contributed by atoms with E-state index in [0.717, 1.165) is 11.3 Å². The van der Waals surface area contributed by atoms with Gasteiger partial charge >= 0.3 is 0 Å². The van der Waals surface area contributed by atoms with E-state index in [4.69, 9.17) is 10.7 Å². The smallest absolute Gasteiger partial charge is 0.270 e. The molecular weight excluding hydrogens is 452 g/mol. The van der Waals surface area contributed by atoms with E-state index in [9.17, 15) is 17.6 Å². The quantitative estimate of drug-likeness (QED) is 0.563. The molecule has 1 aromatic carbocycles. The highest BCUT2D eigenvalue weighted by molar-refractivity contribution is 14.1. The molecular formula is C12H8ClFINO3S2. The fourth-order valence-corrected chi connectivity index (χ4v) is 4.31. The van der Waals surface area contributed by atoms with E-state index in [1.54, 1.807) is 6.07 Å². The summed E-state index contributed by atoms with van der Waals surface area (Å²) < 4.78 is 35.8. The highest BCUT2D eigenvalue weighted by Gasteiger charge is 2.14. The van der Waals surface area contributed by atoms with Crippen LogP contribution < -0.4 is 5.32 Å². The van der Waals surface area contributed by atoms with Crippen LogP contribution in [-0.2, 0) is 15.6 Å². The van der Waals surface area contributed by atoms with Crippen molar-refractivity contribution in [3.05, 3.63) is 50.2 Å². The fraction of sp³-hybridized carbons (Fsp3) is 0.0833. The Hall–Kier alpha value is -0.710. The fourth-order valence-electron chi connectivity index (χ4n) is 1.52. The van der Waals surface area contributed by atoms with Gasteiger partial charge in [-0.3, -0.25) is 4.79 Å². The van der Waals surface area contributed by atoms with Crippen LogP contribution in [0.4, 0.5) is 4.39 Å². The molecule has 0 aliphatic carbocycles. The van der Waals surface area contributed by atoms with Gasteiger partial charge in [0, 0.05) is 19.1 Å². The first-order chi connectivity index (χ1) is 9.77. The molecule has 0 aliphatic heterocycles. The summed E-state index contributed by atoms with van der Waals surface area (Å²) in [5, 5.41) is 2.65. The van der Waals surface area contributed by atoms with E-state index in [-0.39, 0.29) is 16.7 Å². The molecule has 0 fully saturated rings. The summed E-state index contributed by atoms with van der Waals surface area (Å²) in [4.78, 5) is 12.6. The van der Waals surface area contributed by atoms with E-state index in [1.165, 1.54) is 24.3 Å². The largest absolute Gasteiger partial charge is 0.347 e. The van der Waals surface area contributed by atoms with Gasteiger partial charge in [0.1, 0.15) is 10.0 Å².